The van der Waals surface area contributed by atoms with Crippen LogP contribution in [0.15, 0.2) is 24.3 Å². The van der Waals surface area contributed by atoms with E-state index in [1.54, 1.807) is 29.2 Å². The first-order chi connectivity index (χ1) is 9.88. The topological polar surface area (TPSA) is 54.5 Å². The number of halogens is 1. The fourth-order valence-corrected chi connectivity index (χ4v) is 3.55. The van der Waals surface area contributed by atoms with Crippen LogP contribution in [0.1, 0.15) is 32.3 Å². The molecule has 0 fully saturated rings. The molecule has 0 aromatic heterocycles. The minimum atomic E-state index is -3.46. The van der Waals surface area contributed by atoms with E-state index in [0.29, 0.717) is 23.7 Å². The maximum atomic E-state index is 12.1. The minimum Gasteiger partial charge on any atom is -0.342 e. The van der Waals surface area contributed by atoms with Crippen molar-refractivity contribution in [3.8, 4) is 0 Å². The quantitative estimate of drug-likeness (QED) is 0.736. The highest BCUT2D eigenvalue weighted by molar-refractivity contribution is 7.91. The van der Waals surface area contributed by atoms with Crippen LogP contribution < -0.4 is 0 Å². The molecule has 0 saturated carbocycles. The first kappa shape index (κ1) is 18.0. The Labute approximate surface area is 132 Å². The number of sulfone groups is 1. The summed E-state index contributed by atoms with van der Waals surface area (Å²) in [4.78, 5) is 13.7. The van der Waals surface area contributed by atoms with Gasteiger partial charge in [-0.25, -0.2) is 8.42 Å². The highest BCUT2D eigenvalue weighted by atomic mass is 35.5. The zero-order valence-corrected chi connectivity index (χ0v) is 14.1. The smallest absolute Gasteiger partial charge is 0.237 e. The predicted octanol–water partition coefficient (Wildman–Crippen LogP) is 2.90. The van der Waals surface area contributed by atoms with Crippen LogP contribution in [0.3, 0.4) is 0 Å². The Morgan fingerprint density at radius 1 is 1.10 bits per heavy atom. The highest BCUT2D eigenvalue weighted by Crippen LogP contribution is 2.13. The average Bonchev–Trinajstić information content (AvgIpc) is 2.40. The summed E-state index contributed by atoms with van der Waals surface area (Å²) in [5.74, 6) is -0.884. The average molecular weight is 332 g/mol. The maximum absolute atomic E-state index is 12.1. The number of hydrogen-bond acceptors (Lipinski definition) is 3. The van der Waals surface area contributed by atoms with E-state index in [0.717, 1.165) is 12.8 Å². The minimum absolute atomic E-state index is 0.137. The van der Waals surface area contributed by atoms with Gasteiger partial charge in [0.2, 0.25) is 5.91 Å². The van der Waals surface area contributed by atoms with Crippen molar-refractivity contribution < 1.29 is 13.2 Å². The number of carbonyl (C=O) groups is 1. The third-order valence-corrected chi connectivity index (χ3v) is 4.69. The van der Waals surface area contributed by atoms with Crippen molar-refractivity contribution in [1.82, 2.24) is 4.90 Å². The Balaban J connectivity index is 2.70. The Bertz CT molecular complexity index is 549. The molecule has 118 valence electrons. The molecular formula is C15H22ClNO3S. The highest BCUT2D eigenvalue weighted by Gasteiger charge is 2.21. The molecule has 0 aliphatic carbocycles. The first-order valence-electron chi connectivity index (χ1n) is 7.10. The monoisotopic (exact) mass is 331 g/mol. The fourth-order valence-electron chi connectivity index (χ4n) is 2.07. The molecule has 1 aromatic carbocycles. The van der Waals surface area contributed by atoms with Crippen LogP contribution in [-0.2, 0) is 20.4 Å². The van der Waals surface area contributed by atoms with Gasteiger partial charge in [0, 0.05) is 18.1 Å². The van der Waals surface area contributed by atoms with Crippen LogP contribution in [0.2, 0.25) is 5.02 Å². The molecule has 6 heteroatoms. The molecule has 0 spiro atoms. The molecule has 0 aliphatic heterocycles. The SMILES string of the molecule is CCCN(CCC)C(=O)CS(=O)(=O)Cc1ccc(Cl)cc1. The fraction of sp³-hybridized carbons (Fsp3) is 0.533. The Morgan fingerprint density at radius 2 is 1.62 bits per heavy atom. The van der Waals surface area contributed by atoms with Crippen molar-refractivity contribution in [3.05, 3.63) is 34.9 Å². The zero-order valence-electron chi connectivity index (χ0n) is 12.5. The molecule has 21 heavy (non-hydrogen) atoms. The van der Waals surface area contributed by atoms with Crippen molar-refractivity contribution in [2.24, 2.45) is 0 Å². The van der Waals surface area contributed by atoms with Gasteiger partial charge in [-0.05, 0) is 30.5 Å². The summed E-state index contributed by atoms with van der Waals surface area (Å²) in [5, 5.41) is 0.560. The van der Waals surface area contributed by atoms with Crippen LogP contribution in [0.4, 0.5) is 0 Å². The number of hydrogen-bond donors (Lipinski definition) is 0. The van der Waals surface area contributed by atoms with Gasteiger partial charge < -0.3 is 4.90 Å². The van der Waals surface area contributed by atoms with Gasteiger partial charge in [-0.3, -0.25) is 4.79 Å². The predicted molar refractivity (Wildman–Crippen MR) is 86.1 cm³/mol. The van der Waals surface area contributed by atoms with Crippen LogP contribution in [0.25, 0.3) is 0 Å². The molecule has 0 aliphatic rings. The Kier molecular flexibility index (Phi) is 7.18. The third-order valence-electron chi connectivity index (χ3n) is 2.98. The second-order valence-corrected chi connectivity index (χ2v) is 7.54. The van der Waals surface area contributed by atoms with Gasteiger partial charge in [0.25, 0.3) is 0 Å². The van der Waals surface area contributed by atoms with Crippen molar-refractivity contribution >= 4 is 27.3 Å². The van der Waals surface area contributed by atoms with Gasteiger partial charge in [-0.2, -0.15) is 0 Å². The summed E-state index contributed by atoms with van der Waals surface area (Å²) in [6, 6.07) is 6.63. The molecule has 0 atom stereocenters. The van der Waals surface area contributed by atoms with Gasteiger partial charge in [-0.1, -0.05) is 37.6 Å². The molecule has 0 saturated heterocycles. The van der Waals surface area contributed by atoms with Gasteiger partial charge in [0.05, 0.1) is 5.75 Å². The number of carbonyl (C=O) groups excluding carboxylic acids is 1. The number of benzene rings is 1. The van der Waals surface area contributed by atoms with E-state index in [4.69, 9.17) is 11.6 Å². The van der Waals surface area contributed by atoms with Crippen molar-refractivity contribution in [2.45, 2.75) is 32.4 Å². The van der Waals surface area contributed by atoms with E-state index < -0.39 is 15.6 Å². The first-order valence-corrected chi connectivity index (χ1v) is 9.30. The van der Waals surface area contributed by atoms with E-state index in [2.05, 4.69) is 0 Å². The summed E-state index contributed by atoms with van der Waals surface area (Å²) >= 11 is 5.77. The Morgan fingerprint density at radius 3 is 2.10 bits per heavy atom. The van der Waals surface area contributed by atoms with Crippen LogP contribution in [-0.4, -0.2) is 38.1 Å². The van der Waals surface area contributed by atoms with E-state index in [-0.39, 0.29) is 11.7 Å². The van der Waals surface area contributed by atoms with Crippen LogP contribution in [0, 0.1) is 0 Å². The molecule has 0 bridgehead atoms. The number of nitrogens with zero attached hydrogens (tertiary/aromatic N) is 1. The lowest BCUT2D eigenvalue weighted by Crippen LogP contribution is -2.37. The third kappa shape index (κ3) is 6.48. The molecule has 1 rings (SSSR count). The lowest BCUT2D eigenvalue weighted by Gasteiger charge is -2.21. The summed E-state index contributed by atoms with van der Waals surface area (Å²) in [7, 11) is -3.46. The van der Waals surface area contributed by atoms with Gasteiger partial charge in [0.1, 0.15) is 5.75 Å². The molecule has 1 amide bonds. The van der Waals surface area contributed by atoms with Crippen LogP contribution >= 0.6 is 11.6 Å². The second-order valence-electron chi connectivity index (χ2n) is 5.04. The molecule has 0 heterocycles. The summed E-state index contributed by atoms with van der Waals surface area (Å²) < 4.78 is 24.3. The summed E-state index contributed by atoms with van der Waals surface area (Å²) in [5.41, 5.74) is 0.643. The van der Waals surface area contributed by atoms with E-state index in [1.807, 2.05) is 13.8 Å². The van der Waals surface area contributed by atoms with E-state index in [9.17, 15) is 13.2 Å². The second kappa shape index (κ2) is 8.39. The van der Waals surface area contributed by atoms with Gasteiger partial charge in [-0.15, -0.1) is 0 Å². The van der Waals surface area contributed by atoms with E-state index in [1.165, 1.54) is 0 Å². The van der Waals surface area contributed by atoms with Crippen LogP contribution in [0.5, 0.6) is 0 Å². The largest absolute Gasteiger partial charge is 0.342 e. The number of amides is 1. The molecule has 1 aromatic rings. The van der Waals surface area contributed by atoms with Crippen molar-refractivity contribution in [3.63, 3.8) is 0 Å². The van der Waals surface area contributed by atoms with Crippen molar-refractivity contribution in [2.75, 3.05) is 18.8 Å². The van der Waals surface area contributed by atoms with Crippen molar-refractivity contribution in [1.29, 1.82) is 0 Å². The molecular weight excluding hydrogens is 310 g/mol. The summed E-state index contributed by atoms with van der Waals surface area (Å²) in [6.07, 6.45) is 1.64. The normalized spacial score (nSPS) is 11.4. The number of rotatable bonds is 8. The van der Waals surface area contributed by atoms with E-state index >= 15 is 0 Å². The lowest BCUT2D eigenvalue weighted by atomic mass is 10.2. The maximum Gasteiger partial charge on any atom is 0.237 e. The lowest BCUT2D eigenvalue weighted by molar-refractivity contribution is -0.128. The summed E-state index contributed by atoms with van der Waals surface area (Å²) in [6.45, 7) is 5.14. The zero-order chi connectivity index (χ0) is 15.9. The standard InChI is InChI=1S/C15H22ClNO3S/c1-3-9-17(10-4-2)15(18)12-21(19,20)11-13-5-7-14(16)8-6-13/h5-8H,3-4,9-12H2,1-2H3. The van der Waals surface area contributed by atoms with Gasteiger partial charge >= 0.3 is 0 Å². The molecule has 0 N–H and O–H groups in total. The Hall–Kier alpha value is -1.07. The molecule has 4 nitrogen and oxygen atoms in total. The molecule has 0 radical (unpaired) electrons. The van der Waals surface area contributed by atoms with Gasteiger partial charge in [0.15, 0.2) is 9.84 Å². The molecule has 0 unspecified atom stereocenters.